The normalized spacial score (nSPS) is 11.7. The van der Waals surface area contributed by atoms with Crippen LogP contribution in [0.1, 0.15) is 24.3 Å². The van der Waals surface area contributed by atoms with Crippen molar-refractivity contribution in [1.82, 2.24) is 16.0 Å². The molecule has 1 atom stereocenters. The predicted molar refractivity (Wildman–Crippen MR) is 106 cm³/mol. The highest BCUT2D eigenvalue weighted by atomic mass is 19.1. The number of halogens is 1. The van der Waals surface area contributed by atoms with Gasteiger partial charge in [-0.05, 0) is 36.8 Å². The summed E-state index contributed by atoms with van der Waals surface area (Å²) in [6, 6.07) is 12.3. The lowest BCUT2D eigenvalue weighted by molar-refractivity contribution is -0.120. The Balaban J connectivity index is 1.47. The van der Waals surface area contributed by atoms with Crippen LogP contribution in [0.2, 0.25) is 0 Å². The van der Waals surface area contributed by atoms with Crippen molar-refractivity contribution in [1.29, 1.82) is 0 Å². The number of amides is 3. The highest BCUT2D eigenvalue weighted by Gasteiger charge is 2.16. The molecule has 0 radical (unpaired) electrons. The molecule has 2 aromatic carbocycles. The van der Waals surface area contributed by atoms with Gasteiger partial charge < -0.3 is 25.1 Å². The van der Waals surface area contributed by atoms with Crippen LogP contribution in [0.4, 0.5) is 9.18 Å². The first-order valence-electron chi connectivity index (χ1n) is 9.08. The zero-order chi connectivity index (χ0) is 20.8. The van der Waals surface area contributed by atoms with Crippen LogP contribution in [0.5, 0.6) is 5.75 Å². The largest absolute Gasteiger partial charge is 0.493 e. The fraction of sp³-hybridized carbons (Fsp3) is 0.238. The van der Waals surface area contributed by atoms with Gasteiger partial charge in [-0.15, -0.1) is 0 Å². The molecule has 0 bridgehead atoms. The van der Waals surface area contributed by atoms with E-state index in [9.17, 15) is 14.0 Å². The Morgan fingerprint density at radius 3 is 2.62 bits per heavy atom. The lowest BCUT2D eigenvalue weighted by Crippen LogP contribution is -2.42. The number of carbonyl (C=O) groups is 2. The van der Waals surface area contributed by atoms with Crippen LogP contribution in [0.15, 0.2) is 52.9 Å². The predicted octanol–water partition coefficient (Wildman–Crippen LogP) is 3.26. The van der Waals surface area contributed by atoms with Gasteiger partial charge in [0.2, 0.25) is 5.91 Å². The van der Waals surface area contributed by atoms with Gasteiger partial charge >= 0.3 is 6.03 Å². The maximum absolute atomic E-state index is 12.9. The Morgan fingerprint density at radius 1 is 1.14 bits per heavy atom. The number of hydrogen-bond donors (Lipinski definition) is 3. The first-order valence-corrected chi connectivity index (χ1v) is 9.08. The van der Waals surface area contributed by atoms with E-state index in [1.54, 1.807) is 32.2 Å². The van der Waals surface area contributed by atoms with Gasteiger partial charge in [0, 0.05) is 11.9 Å². The molecule has 3 N–H and O–H groups in total. The third-order valence-electron chi connectivity index (χ3n) is 4.33. The van der Waals surface area contributed by atoms with Gasteiger partial charge in [0.15, 0.2) is 11.3 Å². The van der Waals surface area contributed by atoms with E-state index >= 15 is 0 Å². The van der Waals surface area contributed by atoms with Crippen molar-refractivity contribution in [3.05, 3.63) is 65.7 Å². The first-order chi connectivity index (χ1) is 14.0. The summed E-state index contributed by atoms with van der Waals surface area (Å²) in [6.45, 7) is 1.82. The van der Waals surface area contributed by atoms with Gasteiger partial charge in [0.05, 0.1) is 19.7 Å². The molecule has 0 aliphatic carbocycles. The van der Waals surface area contributed by atoms with E-state index in [2.05, 4.69) is 16.0 Å². The molecule has 1 aromatic heterocycles. The monoisotopic (exact) mass is 399 g/mol. The molecule has 8 heteroatoms. The highest BCUT2D eigenvalue weighted by molar-refractivity contribution is 5.85. The van der Waals surface area contributed by atoms with Crippen LogP contribution in [0.25, 0.3) is 11.0 Å². The number of fused-ring (bicyclic) bond motifs is 1. The molecule has 3 aromatic rings. The van der Waals surface area contributed by atoms with Crippen LogP contribution in [0, 0.1) is 5.82 Å². The molecular formula is C21H22FN3O4. The van der Waals surface area contributed by atoms with Crippen LogP contribution < -0.4 is 20.7 Å². The minimum Gasteiger partial charge on any atom is -0.493 e. The maximum Gasteiger partial charge on any atom is 0.315 e. The zero-order valence-electron chi connectivity index (χ0n) is 16.1. The highest BCUT2D eigenvalue weighted by Crippen LogP contribution is 2.30. The lowest BCUT2D eigenvalue weighted by Gasteiger charge is -2.12. The summed E-state index contributed by atoms with van der Waals surface area (Å²) in [4.78, 5) is 23.9. The van der Waals surface area contributed by atoms with E-state index < -0.39 is 6.03 Å². The Hall–Kier alpha value is -3.55. The Kier molecular flexibility index (Phi) is 6.33. The molecule has 7 nitrogen and oxygen atoms in total. The fourth-order valence-electron chi connectivity index (χ4n) is 2.80. The Morgan fingerprint density at radius 2 is 1.90 bits per heavy atom. The summed E-state index contributed by atoms with van der Waals surface area (Å²) in [6.07, 6.45) is 0. The number of urea groups is 1. The van der Waals surface area contributed by atoms with Crippen molar-refractivity contribution in [3.63, 3.8) is 0 Å². The van der Waals surface area contributed by atoms with Crippen molar-refractivity contribution < 1.29 is 23.1 Å². The number of benzene rings is 2. The molecule has 152 valence electrons. The second-order valence-corrected chi connectivity index (χ2v) is 6.48. The number of hydrogen-bond acceptors (Lipinski definition) is 4. The number of rotatable bonds is 7. The second-order valence-electron chi connectivity index (χ2n) is 6.48. The Labute approximate surface area is 167 Å². The molecule has 29 heavy (non-hydrogen) atoms. The van der Waals surface area contributed by atoms with E-state index in [4.69, 9.17) is 9.15 Å². The van der Waals surface area contributed by atoms with E-state index in [-0.39, 0.29) is 30.9 Å². The second kappa shape index (κ2) is 9.09. The summed E-state index contributed by atoms with van der Waals surface area (Å²) in [5, 5.41) is 8.73. The SMILES string of the molecule is COc1cccc2cc(C(C)NC(=O)CNC(=O)NCc3ccc(F)cc3)oc12. The average molecular weight is 399 g/mol. The average Bonchev–Trinajstić information content (AvgIpc) is 3.16. The minimum atomic E-state index is -0.495. The van der Waals surface area contributed by atoms with Gasteiger partial charge in [-0.2, -0.15) is 0 Å². The van der Waals surface area contributed by atoms with Crippen molar-refractivity contribution in [3.8, 4) is 5.75 Å². The standard InChI is InChI=1S/C21H22FN3O4/c1-13(18-10-15-4-3-5-17(28-2)20(15)29-18)25-19(26)12-24-21(27)23-11-14-6-8-16(22)9-7-14/h3-10,13H,11-12H2,1-2H3,(H,25,26)(H2,23,24,27). The molecule has 0 aliphatic heterocycles. The first kappa shape index (κ1) is 20.2. The zero-order valence-corrected chi connectivity index (χ0v) is 16.1. The number of methoxy groups -OCH3 is 1. The van der Waals surface area contributed by atoms with Crippen LogP contribution in [0.3, 0.4) is 0 Å². The molecule has 0 saturated carbocycles. The molecule has 0 saturated heterocycles. The number of carbonyl (C=O) groups excluding carboxylic acids is 2. The third-order valence-corrected chi connectivity index (χ3v) is 4.33. The van der Waals surface area contributed by atoms with E-state index in [0.29, 0.717) is 17.1 Å². The molecule has 3 amide bonds. The van der Waals surface area contributed by atoms with Gasteiger partial charge in [0.25, 0.3) is 0 Å². The number of para-hydroxylation sites is 1. The Bertz CT molecular complexity index is 1000. The van der Waals surface area contributed by atoms with E-state index in [1.807, 2.05) is 18.2 Å². The van der Waals surface area contributed by atoms with Crippen molar-refractivity contribution >= 4 is 22.9 Å². The molecule has 0 spiro atoms. The number of nitrogens with one attached hydrogen (secondary N) is 3. The quantitative estimate of drug-likeness (QED) is 0.569. The van der Waals surface area contributed by atoms with Crippen LogP contribution in [-0.4, -0.2) is 25.6 Å². The van der Waals surface area contributed by atoms with Gasteiger partial charge in [-0.3, -0.25) is 4.79 Å². The van der Waals surface area contributed by atoms with Crippen LogP contribution in [-0.2, 0) is 11.3 Å². The topological polar surface area (TPSA) is 92.6 Å². The molecule has 0 fully saturated rings. The van der Waals surface area contributed by atoms with Crippen molar-refractivity contribution in [2.75, 3.05) is 13.7 Å². The summed E-state index contributed by atoms with van der Waals surface area (Å²) in [7, 11) is 1.56. The number of furan rings is 1. The molecule has 1 heterocycles. The molecule has 1 unspecified atom stereocenters. The van der Waals surface area contributed by atoms with Crippen LogP contribution >= 0.6 is 0 Å². The van der Waals surface area contributed by atoms with Gasteiger partial charge in [-0.1, -0.05) is 24.3 Å². The van der Waals surface area contributed by atoms with Gasteiger partial charge in [0.1, 0.15) is 11.6 Å². The fourth-order valence-corrected chi connectivity index (χ4v) is 2.80. The van der Waals surface area contributed by atoms with Gasteiger partial charge in [-0.25, -0.2) is 9.18 Å². The molecule has 3 rings (SSSR count). The van der Waals surface area contributed by atoms with E-state index in [1.165, 1.54) is 12.1 Å². The molecule has 0 aliphatic rings. The number of ether oxygens (including phenoxy) is 1. The smallest absolute Gasteiger partial charge is 0.315 e. The van der Waals surface area contributed by atoms with Crippen molar-refractivity contribution in [2.45, 2.75) is 19.5 Å². The summed E-state index contributed by atoms with van der Waals surface area (Å²) in [5.41, 5.74) is 1.37. The molecular weight excluding hydrogens is 377 g/mol. The maximum atomic E-state index is 12.9. The summed E-state index contributed by atoms with van der Waals surface area (Å²) >= 11 is 0. The third kappa shape index (κ3) is 5.25. The van der Waals surface area contributed by atoms with Crippen molar-refractivity contribution in [2.24, 2.45) is 0 Å². The lowest BCUT2D eigenvalue weighted by atomic mass is 10.2. The van der Waals surface area contributed by atoms with E-state index in [0.717, 1.165) is 10.9 Å². The summed E-state index contributed by atoms with van der Waals surface area (Å²) < 4.78 is 23.9. The summed E-state index contributed by atoms with van der Waals surface area (Å²) in [5.74, 6) is 0.499. The minimum absolute atomic E-state index is 0.191.